The fourth-order valence-corrected chi connectivity index (χ4v) is 3.18. The van der Waals surface area contributed by atoms with Gasteiger partial charge in [-0.15, -0.1) is 10.2 Å². The van der Waals surface area contributed by atoms with E-state index in [0.29, 0.717) is 17.0 Å². The Morgan fingerprint density at radius 2 is 1.93 bits per heavy atom. The first kappa shape index (κ1) is 17.8. The molecule has 3 aromatic heterocycles. The predicted molar refractivity (Wildman–Crippen MR) is 100 cm³/mol. The van der Waals surface area contributed by atoms with E-state index in [-0.39, 0.29) is 30.0 Å². The van der Waals surface area contributed by atoms with Gasteiger partial charge in [-0.05, 0) is 43.7 Å². The Morgan fingerprint density at radius 1 is 1.18 bits per heavy atom. The van der Waals surface area contributed by atoms with Gasteiger partial charge in [-0.2, -0.15) is 0 Å². The largest absolute Gasteiger partial charge is 0.348 e. The molecule has 0 aliphatic rings. The first-order valence-corrected chi connectivity index (χ1v) is 8.70. The van der Waals surface area contributed by atoms with Crippen LogP contribution in [0, 0.1) is 12.7 Å². The zero-order valence-corrected chi connectivity index (χ0v) is 15.3. The van der Waals surface area contributed by atoms with Gasteiger partial charge in [-0.25, -0.2) is 9.37 Å². The fourth-order valence-electron chi connectivity index (χ4n) is 3.18. The van der Waals surface area contributed by atoms with Gasteiger partial charge in [0.1, 0.15) is 18.2 Å². The van der Waals surface area contributed by atoms with E-state index in [9.17, 15) is 14.0 Å². The topological polar surface area (TPSA) is 94.2 Å². The molecule has 0 bridgehead atoms. The number of carbonyl (C=O) groups is 1. The molecule has 28 heavy (non-hydrogen) atoms. The van der Waals surface area contributed by atoms with E-state index >= 15 is 0 Å². The van der Waals surface area contributed by atoms with E-state index < -0.39 is 5.56 Å². The summed E-state index contributed by atoms with van der Waals surface area (Å²) < 4.78 is 16.0. The van der Waals surface area contributed by atoms with Crippen molar-refractivity contribution in [1.29, 1.82) is 0 Å². The molecule has 3 heterocycles. The number of amides is 1. The van der Waals surface area contributed by atoms with E-state index in [1.54, 1.807) is 48.7 Å². The smallest absolute Gasteiger partial charge is 0.297 e. The summed E-state index contributed by atoms with van der Waals surface area (Å²) in [5.74, 6) is -0.160. The molecule has 0 spiro atoms. The van der Waals surface area contributed by atoms with Gasteiger partial charge in [0, 0.05) is 6.20 Å². The van der Waals surface area contributed by atoms with Crippen LogP contribution in [0.1, 0.15) is 24.4 Å². The first-order valence-electron chi connectivity index (χ1n) is 8.70. The van der Waals surface area contributed by atoms with Crippen molar-refractivity contribution in [3.05, 3.63) is 70.2 Å². The summed E-state index contributed by atoms with van der Waals surface area (Å²) in [7, 11) is 0. The third-order valence-corrected chi connectivity index (χ3v) is 4.58. The van der Waals surface area contributed by atoms with Gasteiger partial charge in [0.2, 0.25) is 11.6 Å². The van der Waals surface area contributed by atoms with E-state index in [1.165, 1.54) is 16.7 Å². The summed E-state index contributed by atoms with van der Waals surface area (Å²) in [4.78, 5) is 29.8. The minimum atomic E-state index is -0.425. The van der Waals surface area contributed by atoms with E-state index in [1.807, 2.05) is 0 Å². The lowest BCUT2D eigenvalue weighted by Gasteiger charge is -2.16. The maximum Gasteiger partial charge on any atom is 0.297 e. The summed E-state index contributed by atoms with van der Waals surface area (Å²) in [5.41, 5.74) is 1.46. The molecule has 0 aliphatic carbocycles. The van der Waals surface area contributed by atoms with Crippen molar-refractivity contribution in [2.45, 2.75) is 26.4 Å². The van der Waals surface area contributed by atoms with Crippen LogP contribution in [0.4, 0.5) is 4.39 Å². The van der Waals surface area contributed by atoms with Crippen molar-refractivity contribution in [2.75, 3.05) is 0 Å². The molecule has 1 aromatic carbocycles. The Labute approximate surface area is 158 Å². The Balaban J connectivity index is 1.69. The lowest BCUT2D eigenvalue weighted by atomic mass is 10.1. The van der Waals surface area contributed by atoms with Gasteiger partial charge < -0.3 is 5.32 Å². The molecule has 4 rings (SSSR count). The van der Waals surface area contributed by atoms with Crippen LogP contribution in [0.3, 0.4) is 0 Å². The fraction of sp³-hybridized carbons (Fsp3) is 0.211. The summed E-state index contributed by atoms with van der Waals surface area (Å²) in [5, 5.41) is 10.7. The van der Waals surface area contributed by atoms with Gasteiger partial charge in [0.15, 0.2) is 5.65 Å². The highest BCUT2D eigenvalue weighted by atomic mass is 19.1. The van der Waals surface area contributed by atoms with Crippen molar-refractivity contribution in [2.24, 2.45) is 0 Å². The second-order valence-corrected chi connectivity index (χ2v) is 6.48. The number of pyridine rings is 1. The Kier molecular flexibility index (Phi) is 4.34. The summed E-state index contributed by atoms with van der Waals surface area (Å²) in [6.07, 6.45) is 1.60. The van der Waals surface area contributed by atoms with Crippen molar-refractivity contribution >= 4 is 22.7 Å². The molecule has 0 fully saturated rings. The van der Waals surface area contributed by atoms with Gasteiger partial charge in [-0.1, -0.05) is 12.1 Å². The second-order valence-electron chi connectivity index (χ2n) is 6.48. The number of hydrogen-bond acceptors (Lipinski definition) is 5. The second kappa shape index (κ2) is 6.84. The minimum Gasteiger partial charge on any atom is -0.348 e. The zero-order chi connectivity index (χ0) is 19.8. The number of fused-ring (bicyclic) bond motifs is 3. The Morgan fingerprint density at radius 3 is 2.68 bits per heavy atom. The number of carbonyl (C=O) groups excluding carboxylic acids is 1. The molecule has 8 nitrogen and oxygen atoms in total. The number of aryl methyl sites for hydroxylation is 1. The highest BCUT2D eigenvalue weighted by Gasteiger charge is 2.18. The molecule has 1 amide bonds. The lowest BCUT2D eigenvalue weighted by molar-refractivity contribution is -0.122. The molecule has 9 heteroatoms. The quantitative estimate of drug-likeness (QED) is 0.582. The van der Waals surface area contributed by atoms with Gasteiger partial charge in [-0.3, -0.25) is 18.6 Å². The average Bonchev–Trinajstić information content (AvgIpc) is 3.07. The zero-order valence-electron chi connectivity index (χ0n) is 15.3. The van der Waals surface area contributed by atoms with Crippen LogP contribution in [0.5, 0.6) is 0 Å². The Hall–Kier alpha value is -3.62. The summed E-state index contributed by atoms with van der Waals surface area (Å²) in [6, 6.07) is 8.97. The van der Waals surface area contributed by atoms with Crippen molar-refractivity contribution in [3.8, 4) is 0 Å². The molecule has 0 aliphatic heterocycles. The molecule has 0 saturated heterocycles. The summed E-state index contributed by atoms with van der Waals surface area (Å²) in [6.45, 7) is 3.32. The van der Waals surface area contributed by atoms with Crippen molar-refractivity contribution in [3.63, 3.8) is 0 Å². The normalized spacial score (nSPS) is 12.4. The summed E-state index contributed by atoms with van der Waals surface area (Å²) >= 11 is 0. The number of hydrogen-bond donors (Lipinski definition) is 1. The van der Waals surface area contributed by atoms with Gasteiger partial charge in [0.25, 0.3) is 5.56 Å². The number of halogens is 1. The van der Waals surface area contributed by atoms with Crippen molar-refractivity contribution in [1.82, 2.24) is 29.5 Å². The van der Waals surface area contributed by atoms with E-state index in [0.717, 1.165) is 5.56 Å². The van der Waals surface area contributed by atoms with Crippen molar-refractivity contribution < 1.29 is 9.18 Å². The Bertz CT molecular complexity index is 1250. The highest BCUT2D eigenvalue weighted by Crippen LogP contribution is 2.14. The van der Waals surface area contributed by atoms with E-state index in [4.69, 9.17) is 0 Å². The van der Waals surface area contributed by atoms with Crippen LogP contribution in [-0.2, 0) is 11.3 Å². The lowest BCUT2D eigenvalue weighted by Crippen LogP contribution is -2.34. The van der Waals surface area contributed by atoms with Crippen LogP contribution in [0.15, 0.2) is 47.4 Å². The number of aromatic nitrogens is 5. The molecule has 142 valence electrons. The molecule has 0 radical (unpaired) electrons. The average molecular weight is 380 g/mol. The number of benzene rings is 1. The molecule has 1 N–H and O–H groups in total. The van der Waals surface area contributed by atoms with Crippen LogP contribution in [-0.4, -0.2) is 30.1 Å². The van der Waals surface area contributed by atoms with Crippen LogP contribution < -0.4 is 10.9 Å². The first-order chi connectivity index (χ1) is 13.5. The van der Waals surface area contributed by atoms with E-state index in [2.05, 4.69) is 20.5 Å². The molecule has 1 unspecified atom stereocenters. The number of rotatable bonds is 4. The SMILES string of the molecule is Cc1nnc2c(=O)n(CC(=O)NC(C)c3ccc(F)cc3)c3cccnc3n12. The third kappa shape index (κ3) is 3.00. The third-order valence-electron chi connectivity index (χ3n) is 4.58. The maximum atomic E-state index is 13.1. The number of nitrogens with zero attached hydrogens (tertiary/aromatic N) is 5. The molecular formula is C19H17FN6O2. The standard InChI is InChI=1S/C19H17FN6O2/c1-11(13-5-7-14(20)8-6-13)22-16(27)10-25-15-4-3-9-21-17(15)26-12(2)23-24-18(26)19(25)28/h3-9,11H,10H2,1-2H3,(H,22,27). The van der Waals surface area contributed by atoms with Gasteiger partial charge in [0.05, 0.1) is 11.6 Å². The maximum absolute atomic E-state index is 13.1. The molecule has 4 aromatic rings. The molecule has 0 saturated carbocycles. The highest BCUT2D eigenvalue weighted by molar-refractivity contribution is 5.80. The van der Waals surface area contributed by atoms with Crippen LogP contribution in [0.25, 0.3) is 16.8 Å². The number of nitrogens with one attached hydrogen (secondary N) is 1. The molecular weight excluding hydrogens is 363 g/mol. The van der Waals surface area contributed by atoms with Crippen LogP contribution in [0.2, 0.25) is 0 Å². The monoisotopic (exact) mass is 380 g/mol. The minimum absolute atomic E-state index is 0.114. The molecule has 1 atom stereocenters. The predicted octanol–water partition coefficient (Wildman–Crippen LogP) is 1.76. The van der Waals surface area contributed by atoms with Crippen LogP contribution >= 0.6 is 0 Å². The van der Waals surface area contributed by atoms with Gasteiger partial charge >= 0.3 is 0 Å².